The van der Waals surface area contributed by atoms with E-state index in [0.29, 0.717) is 42.1 Å². The average Bonchev–Trinajstić information content (AvgIpc) is 3.59. The highest BCUT2D eigenvalue weighted by Crippen LogP contribution is 2.51. The van der Waals surface area contributed by atoms with Crippen molar-refractivity contribution < 1.29 is 23.9 Å². The number of esters is 1. The van der Waals surface area contributed by atoms with E-state index in [9.17, 15) is 14.4 Å². The first-order chi connectivity index (χ1) is 18.3. The third kappa shape index (κ3) is 4.53. The molecule has 0 unspecified atom stereocenters. The van der Waals surface area contributed by atoms with Gasteiger partial charge in [-0.05, 0) is 68.1 Å². The van der Waals surface area contributed by atoms with Gasteiger partial charge in [0.25, 0.3) is 5.91 Å². The number of fused-ring (bicyclic) bond motifs is 1. The van der Waals surface area contributed by atoms with Crippen LogP contribution in [0.4, 0.5) is 5.69 Å². The molecule has 198 valence electrons. The maximum atomic E-state index is 13.9. The summed E-state index contributed by atoms with van der Waals surface area (Å²) in [6.07, 6.45) is 2.92. The zero-order chi connectivity index (χ0) is 27.0. The zero-order valence-corrected chi connectivity index (χ0v) is 22.2. The summed E-state index contributed by atoms with van der Waals surface area (Å²) in [5, 5.41) is 4.53. The van der Waals surface area contributed by atoms with Crippen LogP contribution in [0.3, 0.4) is 0 Å². The molecule has 0 N–H and O–H groups in total. The topological polar surface area (TPSA) is 94.0 Å². The lowest BCUT2D eigenvalue weighted by Gasteiger charge is -2.28. The van der Waals surface area contributed by atoms with Crippen LogP contribution in [0.1, 0.15) is 58.3 Å². The molecule has 3 aromatic rings. The van der Waals surface area contributed by atoms with E-state index < -0.39 is 5.97 Å². The van der Waals surface area contributed by atoms with Crippen molar-refractivity contribution >= 4 is 23.5 Å². The maximum absolute atomic E-state index is 13.9. The molecule has 2 aromatic carbocycles. The average molecular weight is 517 g/mol. The van der Waals surface area contributed by atoms with Crippen LogP contribution in [0.25, 0.3) is 5.69 Å². The van der Waals surface area contributed by atoms with Crippen LogP contribution in [0.5, 0.6) is 5.75 Å². The number of nitrogens with zero attached hydrogens (tertiary/aromatic N) is 4. The summed E-state index contributed by atoms with van der Waals surface area (Å²) in [5.74, 6) is 0.0223. The summed E-state index contributed by atoms with van der Waals surface area (Å²) >= 11 is 0. The lowest BCUT2D eigenvalue weighted by molar-refractivity contribution is -0.129. The first kappa shape index (κ1) is 25.5. The molecule has 9 nitrogen and oxygen atoms in total. The molecule has 1 fully saturated rings. The molecule has 1 aliphatic heterocycles. The van der Waals surface area contributed by atoms with Gasteiger partial charge in [-0.1, -0.05) is 12.1 Å². The molecule has 0 saturated heterocycles. The highest BCUT2D eigenvalue weighted by atomic mass is 16.5. The molecule has 0 bridgehead atoms. The molecule has 1 saturated carbocycles. The Morgan fingerprint density at radius 1 is 1.03 bits per heavy atom. The van der Waals surface area contributed by atoms with Gasteiger partial charge in [-0.25, -0.2) is 9.48 Å². The van der Waals surface area contributed by atoms with Gasteiger partial charge in [-0.15, -0.1) is 0 Å². The molecule has 1 aliphatic carbocycles. The summed E-state index contributed by atoms with van der Waals surface area (Å²) in [5.41, 5.74) is 3.53. The molecule has 2 heterocycles. The minimum absolute atomic E-state index is 0.111. The van der Waals surface area contributed by atoms with Crippen LogP contribution in [-0.2, 0) is 21.4 Å². The van der Waals surface area contributed by atoms with Crippen LogP contribution in [-0.4, -0.2) is 66.8 Å². The van der Waals surface area contributed by atoms with Crippen LogP contribution < -0.4 is 9.64 Å². The number of carbonyl (C=O) groups excluding carboxylic acids is 3. The van der Waals surface area contributed by atoms with E-state index in [2.05, 4.69) is 5.10 Å². The fourth-order valence-corrected chi connectivity index (χ4v) is 5.04. The number of hydrogen-bond acceptors (Lipinski definition) is 6. The largest absolute Gasteiger partial charge is 0.497 e. The Kier molecular flexibility index (Phi) is 6.69. The highest BCUT2D eigenvalue weighted by molar-refractivity contribution is 6.09. The number of methoxy groups -OCH3 is 1. The number of aromatic nitrogens is 2. The Balaban J connectivity index is 1.47. The van der Waals surface area contributed by atoms with Gasteiger partial charge >= 0.3 is 5.97 Å². The number of carbonyl (C=O) groups is 3. The molecule has 0 atom stereocenters. The van der Waals surface area contributed by atoms with Crippen LogP contribution in [0.15, 0.2) is 48.5 Å². The Morgan fingerprint density at radius 2 is 1.68 bits per heavy atom. The second kappa shape index (κ2) is 9.96. The molecule has 0 spiro atoms. The highest BCUT2D eigenvalue weighted by Gasteiger charge is 2.46. The van der Waals surface area contributed by atoms with Crippen molar-refractivity contribution in [1.82, 2.24) is 14.7 Å². The van der Waals surface area contributed by atoms with Gasteiger partial charge < -0.3 is 19.3 Å². The molecule has 1 aromatic heterocycles. The van der Waals surface area contributed by atoms with Crippen molar-refractivity contribution in [1.29, 1.82) is 0 Å². The predicted molar refractivity (Wildman–Crippen MR) is 142 cm³/mol. The molecule has 0 radical (unpaired) electrons. The summed E-state index contributed by atoms with van der Waals surface area (Å²) in [4.78, 5) is 42.3. The van der Waals surface area contributed by atoms with Gasteiger partial charge in [-0.2, -0.15) is 5.10 Å². The lowest BCUT2D eigenvalue weighted by atomic mass is 9.91. The van der Waals surface area contributed by atoms with Gasteiger partial charge in [0.1, 0.15) is 11.4 Å². The van der Waals surface area contributed by atoms with E-state index in [1.165, 1.54) is 4.68 Å². The van der Waals surface area contributed by atoms with Crippen LogP contribution in [0, 0.1) is 0 Å². The van der Waals surface area contributed by atoms with Gasteiger partial charge in [0.2, 0.25) is 5.91 Å². The van der Waals surface area contributed by atoms with E-state index in [1.54, 1.807) is 62.2 Å². The normalized spacial score (nSPS) is 15.6. The summed E-state index contributed by atoms with van der Waals surface area (Å²) in [7, 11) is 5.14. The number of rotatable bonds is 8. The van der Waals surface area contributed by atoms with Gasteiger partial charge in [-0.3, -0.25) is 9.59 Å². The molecule has 5 rings (SSSR count). The zero-order valence-electron chi connectivity index (χ0n) is 22.2. The number of amides is 2. The van der Waals surface area contributed by atoms with E-state index in [0.717, 1.165) is 24.1 Å². The first-order valence-corrected chi connectivity index (χ1v) is 12.8. The fourth-order valence-electron chi connectivity index (χ4n) is 5.04. The molecule has 2 aliphatic rings. The molecular weight excluding hydrogens is 484 g/mol. The third-order valence-electron chi connectivity index (χ3n) is 7.44. The summed E-state index contributed by atoms with van der Waals surface area (Å²) in [6.45, 7) is 2.37. The van der Waals surface area contributed by atoms with Crippen molar-refractivity contribution in [3.63, 3.8) is 0 Å². The Bertz CT molecular complexity index is 1370. The van der Waals surface area contributed by atoms with Gasteiger partial charge in [0.05, 0.1) is 19.4 Å². The SMILES string of the molecule is CCOC(=O)c1nn(-c2ccc(OC)cc2)c2c1CCN(c1ccc(C3(CC(=O)N(C)C)CC3)cc1)C2=O. The molecule has 9 heteroatoms. The Hall–Kier alpha value is -4.14. The molecule has 2 amide bonds. The molecule has 38 heavy (non-hydrogen) atoms. The van der Waals surface area contributed by atoms with Crippen molar-refractivity contribution in [2.24, 2.45) is 0 Å². The molecular formula is C29H32N4O5. The standard InChI is InChI=1S/C29H32N4O5/c1-5-38-28(36)25-23-14-17-32(27(35)26(23)33(30-25)21-10-12-22(37-4)13-11-21)20-8-6-19(7-9-20)29(15-16-29)18-24(34)31(2)3/h6-13H,5,14-18H2,1-4H3. The number of benzene rings is 2. The van der Waals surface area contributed by atoms with Crippen molar-refractivity contribution in [2.45, 2.75) is 38.0 Å². The minimum Gasteiger partial charge on any atom is -0.497 e. The lowest BCUT2D eigenvalue weighted by Crippen LogP contribution is -2.39. The smallest absolute Gasteiger partial charge is 0.359 e. The predicted octanol–water partition coefficient (Wildman–Crippen LogP) is 3.77. The number of hydrogen-bond donors (Lipinski definition) is 0. The second-order valence-corrected chi connectivity index (χ2v) is 10.0. The third-order valence-corrected chi connectivity index (χ3v) is 7.44. The fraction of sp³-hybridized carbons (Fsp3) is 0.379. The number of ether oxygens (including phenoxy) is 2. The quantitative estimate of drug-likeness (QED) is 0.423. The summed E-state index contributed by atoms with van der Waals surface area (Å²) in [6, 6.07) is 15.1. The van der Waals surface area contributed by atoms with Gasteiger partial charge in [0.15, 0.2) is 5.69 Å². The Labute approximate surface area is 221 Å². The van der Waals surface area contributed by atoms with E-state index >= 15 is 0 Å². The van der Waals surface area contributed by atoms with Crippen molar-refractivity contribution in [3.05, 3.63) is 71.0 Å². The van der Waals surface area contributed by atoms with E-state index in [-0.39, 0.29) is 29.5 Å². The Morgan fingerprint density at radius 3 is 2.26 bits per heavy atom. The monoisotopic (exact) mass is 516 g/mol. The van der Waals surface area contributed by atoms with E-state index in [4.69, 9.17) is 9.47 Å². The maximum Gasteiger partial charge on any atom is 0.359 e. The second-order valence-electron chi connectivity index (χ2n) is 10.0. The first-order valence-electron chi connectivity index (χ1n) is 12.8. The minimum atomic E-state index is -0.538. The van der Waals surface area contributed by atoms with Gasteiger partial charge in [0, 0.05) is 43.7 Å². The van der Waals surface area contributed by atoms with Crippen LogP contribution >= 0.6 is 0 Å². The van der Waals surface area contributed by atoms with Crippen molar-refractivity contribution in [2.75, 3.05) is 39.3 Å². The number of anilines is 1. The van der Waals surface area contributed by atoms with Crippen LogP contribution in [0.2, 0.25) is 0 Å². The van der Waals surface area contributed by atoms with Crippen molar-refractivity contribution in [3.8, 4) is 11.4 Å². The van der Waals surface area contributed by atoms with E-state index in [1.807, 2.05) is 24.3 Å². The summed E-state index contributed by atoms with van der Waals surface area (Å²) < 4.78 is 12.0.